The summed E-state index contributed by atoms with van der Waals surface area (Å²) in [6.45, 7) is 17.6. The minimum absolute atomic E-state index is 0.0251. The first-order valence-electron chi connectivity index (χ1n) is 17.2. The molecule has 0 amide bonds. The van der Waals surface area contributed by atoms with E-state index in [4.69, 9.17) is 18.6 Å². The van der Waals surface area contributed by atoms with E-state index < -0.39 is 16.4 Å². The van der Waals surface area contributed by atoms with E-state index in [2.05, 4.69) is 138 Å². The van der Waals surface area contributed by atoms with Crippen LogP contribution < -0.4 is 10.4 Å². The van der Waals surface area contributed by atoms with Crippen LogP contribution in [0.25, 0.3) is 0 Å². The predicted octanol–water partition coefficient (Wildman–Crippen LogP) is 9.13. The van der Waals surface area contributed by atoms with E-state index in [1.54, 1.807) is 0 Å². The Morgan fingerprint density at radius 2 is 1.27 bits per heavy atom. The van der Waals surface area contributed by atoms with Crippen molar-refractivity contribution in [2.45, 2.75) is 121 Å². The maximum Gasteiger partial charge on any atom is 0.261 e. The Labute approximate surface area is 276 Å². The van der Waals surface area contributed by atoms with Crippen LogP contribution in [0.5, 0.6) is 0 Å². The van der Waals surface area contributed by atoms with Gasteiger partial charge in [0, 0.05) is 14.7 Å². The number of epoxide rings is 1. The van der Waals surface area contributed by atoms with Crippen LogP contribution in [0.15, 0.2) is 91.0 Å². The molecule has 0 saturated carbocycles. The fourth-order valence-corrected chi connectivity index (χ4v) is 11.8. The highest BCUT2D eigenvalue weighted by molar-refractivity contribution is 6.99. The molecule has 0 bridgehead atoms. The number of benzene rings is 3. The van der Waals surface area contributed by atoms with Crippen molar-refractivity contribution in [3.8, 4) is 0 Å². The van der Waals surface area contributed by atoms with Crippen molar-refractivity contribution >= 4 is 26.8 Å². The number of unbranched alkanes of at least 4 members (excludes halogenated alkanes) is 3. The predicted molar refractivity (Wildman–Crippen MR) is 194 cm³/mol. The summed E-state index contributed by atoms with van der Waals surface area (Å²) >= 11 is 0. The molecule has 1 aliphatic heterocycles. The minimum atomic E-state index is -2.69. The molecule has 4 atom stereocenters. The Balaban J connectivity index is 1.40. The molecular formula is C39H58O4Si2. The molecule has 6 heteroatoms. The molecule has 0 radical (unpaired) electrons. The Morgan fingerprint density at radius 3 is 1.80 bits per heavy atom. The van der Waals surface area contributed by atoms with Gasteiger partial charge in [0.05, 0.1) is 12.2 Å². The van der Waals surface area contributed by atoms with E-state index in [1.165, 1.54) is 41.2 Å². The van der Waals surface area contributed by atoms with Gasteiger partial charge in [0.25, 0.3) is 8.32 Å². The largest absolute Gasteiger partial charge is 0.402 e. The van der Waals surface area contributed by atoms with Gasteiger partial charge in [-0.2, -0.15) is 0 Å². The first-order chi connectivity index (χ1) is 21.5. The lowest BCUT2D eigenvalue weighted by atomic mass is 10.0. The van der Waals surface area contributed by atoms with Crippen LogP contribution in [0, 0.1) is 0 Å². The zero-order valence-corrected chi connectivity index (χ0v) is 31.0. The highest BCUT2D eigenvalue weighted by Gasteiger charge is 2.55. The van der Waals surface area contributed by atoms with Crippen molar-refractivity contribution in [3.05, 3.63) is 96.6 Å². The zero-order valence-electron chi connectivity index (χ0n) is 29.0. The second kappa shape index (κ2) is 16.7. The van der Waals surface area contributed by atoms with Crippen LogP contribution in [-0.2, 0) is 18.6 Å². The molecule has 3 aromatic rings. The number of ether oxygens (including phenoxy) is 3. The summed E-state index contributed by atoms with van der Waals surface area (Å²) in [5.41, 5.74) is 1.25. The van der Waals surface area contributed by atoms with Crippen molar-refractivity contribution in [2.24, 2.45) is 0 Å². The Hall–Kier alpha value is -2.07. The van der Waals surface area contributed by atoms with Gasteiger partial charge in [-0.3, -0.25) is 0 Å². The first-order valence-corrected chi connectivity index (χ1v) is 22.8. The molecule has 45 heavy (non-hydrogen) atoms. The summed E-state index contributed by atoms with van der Waals surface area (Å²) in [7, 11) is -3.75. The number of hydrogen-bond acceptors (Lipinski definition) is 4. The highest BCUT2D eigenvalue weighted by Crippen LogP contribution is 2.46. The zero-order chi connectivity index (χ0) is 32.3. The van der Waals surface area contributed by atoms with E-state index in [-0.39, 0.29) is 29.5 Å². The van der Waals surface area contributed by atoms with Crippen molar-refractivity contribution < 1.29 is 18.6 Å². The van der Waals surface area contributed by atoms with Gasteiger partial charge < -0.3 is 18.6 Å². The van der Waals surface area contributed by atoms with E-state index in [0.29, 0.717) is 6.79 Å². The molecule has 0 aliphatic carbocycles. The summed E-state index contributed by atoms with van der Waals surface area (Å²) < 4.78 is 25.8. The average molecular weight is 647 g/mol. The third-order valence-corrected chi connectivity index (χ3v) is 15.8. The third kappa shape index (κ3) is 10.5. The average Bonchev–Trinajstić information content (AvgIpc) is 3.81. The topological polar surface area (TPSA) is 40.2 Å². The van der Waals surface area contributed by atoms with E-state index in [9.17, 15) is 0 Å². The van der Waals surface area contributed by atoms with Crippen LogP contribution in [0.4, 0.5) is 0 Å². The second-order valence-electron chi connectivity index (χ2n) is 15.1. The molecule has 0 unspecified atom stereocenters. The van der Waals surface area contributed by atoms with Crippen molar-refractivity contribution in [1.29, 1.82) is 0 Å². The molecule has 0 aromatic heterocycles. The second-order valence-corrected chi connectivity index (χ2v) is 24.9. The van der Waals surface area contributed by atoms with Gasteiger partial charge in [0.15, 0.2) is 0 Å². The molecule has 1 fully saturated rings. The molecule has 1 saturated heterocycles. The number of hydrogen-bond donors (Lipinski definition) is 0. The van der Waals surface area contributed by atoms with Gasteiger partial charge in [-0.05, 0) is 46.8 Å². The fraction of sp³-hybridized carbons (Fsp3) is 0.538. The Bertz CT molecular complexity index is 1200. The molecule has 1 heterocycles. The summed E-state index contributed by atoms with van der Waals surface area (Å²) in [6.07, 6.45) is 7.17. The summed E-state index contributed by atoms with van der Waals surface area (Å²) in [5.74, 6) is 0. The van der Waals surface area contributed by atoms with E-state index in [0.717, 1.165) is 25.9 Å². The van der Waals surface area contributed by atoms with Crippen molar-refractivity contribution in [3.63, 3.8) is 0 Å². The van der Waals surface area contributed by atoms with E-state index >= 15 is 0 Å². The minimum Gasteiger partial charge on any atom is -0.402 e. The lowest BCUT2D eigenvalue weighted by Crippen LogP contribution is -2.68. The van der Waals surface area contributed by atoms with Crippen LogP contribution in [0.3, 0.4) is 0 Å². The van der Waals surface area contributed by atoms with Crippen LogP contribution in [-0.4, -0.2) is 48.1 Å². The highest BCUT2D eigenvalue weighted by atomic mass is 28.4. The maximum absolute atomic E-state index is 7.66. The lowest BCUT2D eigenvalue weighted by Gasteiger charge is -2.45. The Morgan fingerprint density at radius 1 is 0.733 bits per heavy atom. The van der Waals surface area contributed by atoms with Crippen molar-refractivity contribution in [1.82, 2.24) is 0 Å². The number of rotatable bonds is 19. The lowest BCUT2D eigenvalue weighted by molar-refractivity contribution is -0.0828. The van der Waals surface area contributed by atoms with Gasteiger partial charge >= 0.3 is 0 Å². The van der Waals surface area contributed by atoms with Gasteiger partial charge in [0.2, 0.25) is 0 Å². The molecular weight excluding hydrogens is 589 g/mol. The summed E-state index contributed by atoms with van der Waals surface area (Å²) in [4.78, 5) is 0. The van der Waals surface area contributed by atoms with Crippen LogP contribution in [0.1, 0.15) is 77.9 Å². The molecule has 246 valence electrons. The monoisotopic (exact) mass is 646 g/mol. The molecule has 4 rings (SSSR count). The van der Waals surface area contributed by atoms with E-state index in [1.807, 2.05) is 0 Å². The van der Waals surface area contributed by atoms with Gasteiger partial charge in [-0.25, -0.2) is 0 Å². The molecule has 0 spiro atoms. The van der Waals surface area contributed by atoms with Gasteiger partial charge in [-0.15, -0.1) is 0 Å². The normalized spacial score (nSPS) is 18.5. The summed E-state index contributed by atoms with van der Waals surface area (Å²) in [5, 5.41) is 2.58. The fourth-order valence-electron chi connectivity index (χ4n) is 6.34. The molecule has 3 aromatic carbocycles. The SMILES string of the molecule is C[C@H](CCCCCC[C@@H](O[Si](c1ccccc1)(c1ccccc1)C(C)(C)C)[C@@H]1O[C@H]1c1ccccc1)OCOCC[Si](C)(C)C. The standard InChI is InChI=1S/C39H58O4Si2/c1-32(41-31-40-29-30-44(5,6)7)21-13-8-9-20-28-36(38-37(42-38)33-22-14-10-15-23-33)43-45(39(2,3)4,34-24-16-11-17-25-34)35-26-18-12-19-27-35/h10-12,14-19,22-27,32,36-38H,8-9,13,20-21,28-31H2,1-7H3/t32-,36-,37+,38+/m1/s1. The maximum atomic E-state index is 7.66. The molecule has 4 nitrogen and oxygen atoms in total. The van der Waals surface area contributed by atoms with Gasteiger partial charge in [-0.1, -0.05) is 157 Å². The molecule has 0 N–H and O–H groups in total. The van der Waals surface area contributed by atoms with Crippen LogP contribution >= 0.6 is 0 Å². The smallest absolute Gasteiger partial charge is 0.261 e. The van der Waals surface area contributed by atoms with Crippen molar-refractivity contribution in [2.75, 3.05) is 13.4 Å². The van der Waals surface area contributed by atoms with Gasteiger partial charge in [0.1, 0.15) is 19.0 Å². The first kappa shape index (κ1) is 35.8. The van der Waals surface area contributed by atoms with Crippen LogP contribution in [0.2, 0.25) is 30.7 Å². The summed E-state index contributed by atoms with van der Waals surface area (Å²) in [6, 6.07) is 33.8. The Kier molecular flexibility index (Phi) is 13.3. The molecule has 1 aliphatic rings. The quantitative estimate of drug-likeness (QED) is 0.0564. The third-order valence-electron chi connectivity index (χ3n) is 9.05.